The van der Waals surface area contributed by atoms with Gasteiger partial charge in [0.2, 0.25) is 0 Å². The van der Waals surface area contributed by atoms with E-state index in [2.05, 4.69) is 29.4 Å². The summed E-state index contributed by atoms with van der Waals surface area (Å²) in [5.41, 5.74) is 2.04. The van der Waals surface area contributed by atoms with Crippen molar-refractivity contribution in [2.45, 2.75) is 19.9 Å². The second-order valence-corrected chi connectivity index (χ2v) is 6.92. The standard InChI is InChI=1S/C21H24ClN3O3/c1-3-25(4-2)18(15-7-5-6-8-16(15)22)12-23-21(27)14-9-10-17-19(11-14)28-13-20(26)24-17/h5-11,18H,3-4,12-13H2,1-2H3,(H,23,27)(H,24,26)/t18-/m1/s1. The molecule has 0 saturated carbocycles. The Hall–Kier alpha value is -2.57. The number of carbonyl (C=O) groups is 2. The number of ether oxygens (including phenoxy) is 1. The molecule has 3 rings (SSSR count). The van der Waals surface area contributed by atoms with Crippen molar-refractivity contribution in [2.75, 3.05) is 31.6 Å². The molecule has 1 heterocycles. The van der Waals surface area contributed by atoms with Crippen LogP contribution in [-0.2, 0) is 4.79 Å². The number of anilines is 1. The second-order valence-electron chi connectivity index (χ2n) is 6.52. The molecule has 2 amide bonds. The molecule has 7 heteroatoms. The number of hydrogen-bond acceptors (Lipinski definition) is 4. The fraction of sp³-hybridized carbons (Fsp3) is 0.333. The molecule has 0 aliphatic carbocycles. The smallest absolute Gasteiger partial charge is 0.262 e. The normalized spacial score (nSPS) is 14.1. The topological polar surface area (TPSA) is 70.7 Å². The van der Waals surface area contributed by atoms with Gasteiger partial charge in [-0.2, -0.15) is 0 Å². The van der Waals surface area contributed by atoms with E-state index in [9.17, 15) is 9.59 Å². The number of benzene rings is 2. The van der Waals surface area contributed by atoms with Crippen molar-refractivity contribution >= 4 is 29.1 Å². The second kappa shape index (κ2) is 9.08. The lowest BCUT2D eigenvalue weighted by Gasteiger charge is -2.31. The van der Waals surface area contributed by atoms with Crippen LogP contribution in [0.25, 0.3) is 0 Å². The third-order valence-corrected chi connectivity index (χ3v) is 5.19. The number of nitrogens with zero attached hydrogens (tertiary/aromatic N) is 1. The number of rotatable bonds is 7. The summed E-state index contributed by atoms with van der Waals surface area (Å²) in [7, 11) is 0. The molecule has 2 N–H and O–H groups in total. The molecular formula is C21H24ClN3O3. The van der Waals surface area contributed by atoms with Crippen molar-refractivity contribution in [1.82, 2.24) is 10.2 Å². The molecule has 0 aromatic heterocycles. The first-order valence-corrected chi connectivity index (χ1v) is 9.74. The predicted molar refractivity (Wildman–Crippen MR) is 110 cm³/mol. The molecule has 2 aromatic carbocycles. The van der Waals surface area contributed by atoms with Gasteiger partial charge in [-0.3, -0.25) is 14.5 Å². The molecule has 6 nitrogen and oxygen atoms in total. The van der Waals surface area contributed by atoms with Gasteiger partial charge in [-0.15, -0.1) is 0 Å². The maximum absolute atomic E-state index is 12.7. The van der Waals surface area contributed by atoms with Crippen LogP contribution >= 0.6 is 11.6 Å². The minimum Gasteiger partial charge on any atom is -0.482 e. The maximum Gasteiger partial charge on any atom is 0.262 e. The van der Waals surface area contributed by atoms with Crippen molar-refractivity contribution in [3.8, 4) is 5.75 Å². The first-order valence-electron chi connectivity index (χ1n) is 9.36. The highest BCUT2D eigenvalue weighted by Crippen LogP contribution is 2.29. The molecule has 0 fully saturated rings. The number of hydrogen-bond donors (Lipinski definition) is 2. The molecule has 0 radical (unpaired) electrons. The minimum absolute atomic E-state index is 0.0270. The van der Waals surface area contributed by atoms with Crippen molar-refractivity contribution in [1.29, 1.82) is 0 Å². The minimum atomic E-state index is -0.202. The van der Waals surface area contributed by atoms with Crippen LogP contribution in [0.5, 0.6) is 5.75 Å². The van der Waals surface area contributed by atoms with Crippen LogP contribution in [0, 0.1) is 0 Å². The first-order chi connectivity index (χ1) is 13.5. The fourth-order valence-corrected chi connectivity index (χ4v) is 3.61. The summed E-state index contributed by atoms with van der Waals surface area (Å²) in [6.45, 7) is 6.24. The fourth-order valence-electron chi connectivity index (χ4n) is 3.35. The number of fused-ring (bicyclic) bond motifs is 1. The van der Waals surface area contributed by atoms with Crippen LogP contribution in [0.15, 0.2) is 42.5 Å². The van der Waals surface area contributed by atoms with Gasteiger partial charge in [0.15, 0.2) is 6.61 Å². The number of carbonyl (C=O) groups excluding carboxylic acids is 2. The Morgan fingerprint density at radius 2 is 2.00 bits per heavy atom. The van der Waals surface area contributed by atoms with Gasteiger partial charge in [-0.25, -0.2) is 0 Å². The largest absolute Gasteiger partial charge is 0.482 e. The third kappa shape index (κ3) is 4.46. The lowest BCUT2D eigenvalue weighted by atomic mass is 10.0. The van der Waals surface area contributed by atoms with Gasteiger partial charge in [0, 0.05) is 17.1 Å². The van der Waals surface area contributed by atoms with Gasteiger partial charge in [-0.1, -0.05) is 43.6 Å². The summed E-state index contributed by atoms with van der Waals surface area (Å²) >= 11 is 6.41. The van der Waals surface area contributed by atoms with Crippen LogP contribution in [0.3, 0.4) is 0 Å². The van der Waals surface area contributed by atoms with Crippen molar-refractivity contribution in [3.05, 3.63) is 58.6 Å². The number of nitrogens with one attached hydrogen (secondary N) is 2. The van der Waals surface area contributed by atoms with Crippen molar-refractivity contribution < 1.29 is 14.3 Å². The summed E-state index contributed by atoms with van der Waals surface area (Å²) < 4.78 is 5.39. The maximum atomic E-state index is 12.7. The van der Waals surface area contributed by atoms with E-state index in [0.717, 1.165) is 18.7 Å². The zero-order valence-electron chi connectivity index (χ0n) is 16.0. The molecule has 2 aromatic rings. The van der Waals surface area contributed by atoms with E-state index in [0.29, 0.717) is 28.6 Å². The van der Waals surface area contributed by atoms with Gasteiger partial charge < -0.3 is 15.4 Å². The summed E-state index contributed by atoms with van der Waals surface area (Å²) in [5, 5.41) is 6.41. The van der Waals surface area contributed by atoms with Crippen LogP contribution in [0.1, 0.15) is 35.8 Å². The first kappa shape index (κ1) is 20.2. The van der Waals surface area contributed by atoms with E-state index in [4.69, 9.17) is 16.3 Å². The Morgan fingerprint density at radius 3 is 2.71 bits per heavy atom. The molecule has 0 spiro atoms. The van der Waals surface area contributed by atoms with Gasteiger partial charge in [0.25, 0.3) is 11.8 Å². The molecule has 1 atom stereocenters. The number of likely N-dealkylation sites (N-methyl/N-ethyl adjacent to an activating group) is 1. The van der Waals surface area contributed by atoms with Crippen molar-refractivity contribution in [3.63, 3.8) is 0 Å². The van der Waals surface area contributed by atoms with E-state index in [1.165, 1.54) is 0 Å². The third-order valence-electron chi connectivity index (χ3n) is 4.85. The Morgan fingerprint density at radius 1 is 1.25 bits per heavy atom. The average molecular weight is 402 g/mol. The molecule has 28 heavy (non-hydrogen) atoms. The van der Waals surface area contributed by atoms with Gasteiger partial charge in [0.05, 0.1) is 11.7 Å². The van der Waals surface area contributed by atoms with Crippen molar-refractivity contribution in [2.24, 2.45) is 0 Å². The SMILES string of the molecule is CCN(CC)[C@H](CNC(=O)c1ccc2c(c1)OCC(=O)N2)c1ccccc1Cl. The molecule has 0 saturated heterocycles. The Bertz CT molecular complexity index is 868. The highest BCUT2D eigenvalue weighted by molar-refractivity contribution is 6.31. The Balaban J connectivity index is 1.75. The van der Waals surface area contributed by atoms with E-state index in [1.54, 1.807) is 18.2 Å². The average Bonchev–Trinajstić information content (AvgIpc) is 2.71. The van der Waals surface area contributed by atoms with Crippen LogP contribution in [0.4, 0.5) is 5.69 Å². The van der Waals surface area contributed by atoms with Crippen LogP contribution in [0.2, 0.25) is 5.02 Å². The predicted octanol–water partition coefficient (Wildman–Crippen LogP) is 3.48. The zero-order valence-corrected chi connectivity index (χ0v) is 16.8. The number of halogens is 1. The van der Waals surface area contributed by atoms with Crippen LogP contribution < -0.4 is 15.4 Å². The van der Waals surface area contributed by atoms with Gasteiger partial charge in [-0.05, 0) is 42.9 Å². The molecule has 1 aliphatic heterocycles. The quantitative estimate of drug-likeness (QED) is 0.745. The summed E-state index contributed by atoms with van der Waals surface area (Å²) in [6, 6.07) is 12.7. The lowest BCUT2D eigenvalue weighted by molar-refractivity contribution is -0.118. The highest BCUT2D eigenvalue weighted by Gasteiger charge is 2.22. The van der Waals surface area contributed by atoms with E-state index in [1.807, 2.05) is 24.3 Å². The van der Waals surface area contributed by atoms with Gasteiger partial charge >= 0.3 is 0 Å². The van der Waals surface area contributed by atoms with E-state index in [-0.39, 0.29) is 24.5 Å². The molecule has 148 valence electrons. The Labute approximate surface area is 169 Å². The van der Waals surface area contributed by atoms with Gasteiger partial charge in [0.1, 0.15) is 5.75 Å². The Kier molecular flexibility index (Phi) is 6.54. The summed E-state index contributed by atoms with van der Waals surface area (Å²) in [4.78, 5) is 26.3. The molecule has 0 bridgehead atoms. The summed E-state index contributed by atoms with van der Waals surface area (Å²) in [5.74, 6) is 0.0951. The molecular weight excluding hydrogens is 378 g/mol. The monoisotopic (exact) mass is 401 g/mol. The zero-order chi connectivity index (χ0) is 20.1. The summed E-state index contributed by atoms with van der Waals surface area (Å²) in [6.07, 6.45) is 0. The lowest BCUT2D eigenvalue weighted by Crippen LogP contribution is -2.38. The van der Waals surface area contributed by atoms with Crippen LogP contribution in [-0.4, -0.2) is 43.0 Å². The molecule has 1 aliphatic rings. The van der Waals surface area contributed by atoms with E-state index >= 15 is 0 Å². The number of amides is 2. The van der Waals surface area contributed by atoms with E-state index < -0.39 is 0 Å². The highest BCUT2D eigenvalue weighted by atomic mass is 35.5. The molecule has 0 unspecified atom stereocenters.